The fourth-order valence-electron chi connectivity index (χ4n) is 3.69. The molecule has 30 heavy (non-hydrogen) atoms. The summed E-state index contributed by atoms with van der Waals surface area (Å²) in [5, 5.41) is 0. The molecule has 2 aromatic rings. The van der Waals surface area contributed by atoms with E-state index in [2.05, 4.69) is 6.08 Å². The second-order valence-corrected chi connectivity index (χ2v) is 7.23. The predicted octanol–water partition coefficient (Wildman–Crippen LogP) is 3.93. The normalized spacial score (nSPS) is 18.7. The first-order chi connectivity index (χ1) is 14.6. The lowest BCUT2D eigenvalue weighted by molar-refractivity contribution is -0.0666. The first-order valence-corrected chi connectivity index (χ1v) is 9.94. The Morgan fingerprint density at radius 2 is 1.77 bits per heavy atom. The van der Waals surface area contributed by atoms with Gasteiger partial charge in [0.1, 0.15) is 18.3 Å². The van der Waals surface area contributed by atoms with E-state index in [1.165, 1.54) is 0 Å². The van der Waals surface area contributed by atoms with E-state index in [-0.39, 0.29) is 24.8 Å². The SMILES string of the molecule is COCO[C@@H]1CC(/C=C/c2ccccc2)N(C(=O)c2cc(OC)c(C)c(OC)c2)C1. The van der Waals surface area contributed by atoms with Gasteiger partial charge in [0.2, 0.25) is 0 Å². The summed E-state index contributed by atoms with van der Waals surface area (Å²) in [6.07, 6.45) is 4.72. The monoisotopic (exact) mass is 411 g/mol. The number of ether oxygens (including phenoxy) is 4. The summed E-state index contributed by atoms with van der Waals surface area (Å²) in [4.78, 5) is 15.3. The molecule has 6 heteroatoms. The molecule has 160 valence electrons. The van der Waals surface area contributed by atoms with Crippen molar-refractivity contribution in [3.8, 4) is 11.5 Å². The first-order valence-electron chi connectivity index (χ1n) is 9.94. The van der Waals surface area contributed by atoms with Crippen molar-refractivity contribution in [3.05, 3.63) is 65.2 Å². The highest BCUT2D eigenvalue weighted by molar-refractivity contribution is 5.96. The second-order valence-electron chi connectivity index (χ2n) is 7.23. The summed E-state index contributed by atoms with van der Waals surface area (Å²) in [5.41, 5.74) is 2.48. The lowest BCUT2D eigenvalue weighted by Crippen LogP contribution is -2.35. The average Bonchev–Trinajstić information content (AvgIpc) is 3.19. The Morgan fingerprint density at radius 3 is 2.37 bits per heavy atom. The van der Waals surface area contributed by atoms with Crippen LogP contribution in [0.2, 0.25) is 0 Å². The van der Waals surface area contributed by atoms with Crippen LogP contribution in [0.5, 0.6) is 11.5 Å². The van der Waals surface area contributed by atoms with Gasteiger partial charge in [-0.3, -0.25) is 4.79 Å². The summed E-state index contributed by atoms with van der Waals surface area (Å²) in [5.74, 6) is 1.17. The molecule has 1 aliphatic heterocycles. The van der Waals surface area contributed by atoms with Crippen LogP contribution in [-0.4, -0.2) is 57.6 Å². The lowest BCUT2D eigenvalue weighted by Gasteiger charge is -2.23. The van der Waals surface area contributed by atoms with Crippen molar-refractivity contribution in [2.75, 3.05) is 34.7 Å². The molecule has 1 heterocycles. The molecule has 0 N–H and O–H groups in total. The molecule has 0 radical (unpaired) electrons. The molecular weight excluding hydrogens is 382 g/mol. The van der Waals surface area contributed by atoms with Gasteiger partial charge in [0.25, 0.3) is 5.91 Å². The summed E-state index contributed by atoms with van der Waals surface area (Å²) >= 11 is 0. The Labute approximate surface area is 178 Å². The summed E-state index contributed by atoms with van der Waals surface area (Å²) in [6.45, 7) is 2.60. The van der Waals surface area contributed by atoms with E-state index in [1.54, 1.807) is 33.5 Å². The van der Waals surface area contributed by atoms with Crippen LogP contribution in [0, 0.1) is 6.92 Å². The number of nitrogens with zero attached hydrogens (tertiary/aromatic N) is 1. The van der Waals surface area contributed by atoms with Crippen LogP contribution in [-0.2, 0) is 9.47 Å². The zero-order valence-electron chi connectivity index (χ0n) is 18.0. The highest BCUT2D eigenvalue weighted by atomic mass is 16.7. The van der Waals surface area contributed by atoms with E-state index >= 15 is 0 Å². The van der Waals surface area contributed by atoms with E-state index in [1.807, 2.05) is 48.2 Å². The number of rotatable bonds is 8. The molecule has 1 amide bonds. The summed E-state index contributed by atoms with van der Waals surface area (Å²) in [6, 6.07) is 13.5. The molecule has 1 fully saturated rings. The number of hydrogen-bond acceptors (Lipinski definition) is 5. The van der Waals surface area contributed by atoms with E-state index < -0.39 is 0 Å². The zero-order chi connectivity index (χ0) is 21.5. The maximum atomic E-state index is 13.4. The first kappa shape index (κ1) is 21.9. The van der Waals surface area contributed by atoms with E-state index in [0.29, 0.717) is 30.0 Å². The molecular formula is C24H29NO5. The fraction of sp³-hybridized carbons (Fsp3) is 0.375. The van der Waals surface area contributed by atoms with Gasteiger partial charge in [-0.1, -0.05) is 42.5 Å². The highest BCUT2D eigenvalue weighted by Crippen LogP contribution is 2.32. The zero-order valence-corrected chi connectivity index (χ0v) is 18.0. The van der Waals surface area contributed by atoms with Crippen LogP contribution in [0.3, 0.4) is 0 Å². The van der Waals surface area contributed by atoms with E-state index in [9.17, 15) is 4.79 Å². The fourth-order valence-corrected chi connectivity index (χ4v) is 3.69. The third-order valence-corrected chi connectivity index (χ3v) is 5.30. The Morgan fingerprint density at radius 1 is 1.10 bits per heavy atom. The molecule has 0 saturated carbocycles. The molecule has 2 aromatic carbocycles. The van der Waals surface area contributed by atoms with Gasteiger partial charge in [-0.05, 0) is 31.0 Å². The molecule has 3 rings (SSSR count). The Hall–Kier alpha value is -2.83. The second kappa shape index (κ2) is 10.3. The number of carbonyl (C=O) groups is 1. The van der Waals surface area contributed by atoms with Crippen molar-refractivity contribution in [2.45, 2.75) is 25.5 Å². The smallest absolute Gasteiger partial charge is 0.254 e. The maximum Gasteiger partial charge on any atom is 0.254 e. The largest absolute Gasteiger partial charge is 0.496 e. The molecule has 0 spiro atoms. The maximum absolute atomic E-state index is 13.4. The van der Waals surface area contributed by atoms with Crippen LogP contribution in [0.4, 0.5) is 0 Å². The third kappa shape index (κ3) is 5.01. The van der Waals surface area contributed by atoms with E-state index in [0.717, 1.165) is 11.1 Å². The van der Waals surface area contributed by atoms with Gasteiger partial charge in [0, 0.05) is 24.8 Å². The van der Waals surface area contributed by atoms with Gasteiger partial charge in [-0.15, -0.1) is 0 Å². The van der Waals surface area contributed by atoms with Gasteiger partial charge in [-0.25, -0.2) is 0 Å². The van der Waals surface area contributed by atoms with Gasteiger partial charge >= 0.3 is 0 Å². The van der Waals surface area contributed by atoms with Gasteiger partial charge in [0.05, 0.1) is 26.4 Å². The van der Waals surface area contributed by atoms with Gasteiger partial charge in [0.15, 0.2) is 0 Å². The number of hydrogen-bond donors (Lipinski definition) is 0. The van der Waals surface area contributed by atoms with Gasteiger partial charge in [-0.2, -0.15) is 0 Å². The third-order valence-electron chi connectivity index (χ3n) is 5.30. The number of benzene rings is 2. The molecule has 6 nitrogen and oxygen atoms in total. The van der Waals surface area contributed by atoms with Crippen molar-refractivity contribution >= 4 is 12.0 Å². The molecule has 1 unspecified atom stereocenters. The Balaban J connectivity index is 1.87. The van der Waals surface area contributed by atoms with Gasteiger partial charge < -0.3 is 23.8 Å². The minimum atomic E-state index is -0.0893. The average molecular weight is 411 g/mol. The van der Waals surface area contributed by atoms with Crippen LogP contribution in [0.1, 0.15) is 27.9 Å². The topological polar surface area (TPSA) is 57.2 Å². The number of amides is 1. The summed E-state index contributed by atoms with van der Waals surface area (Å²) < 4.78 is 21.7. The van der Waals surface area contributed by atoms with E-state index in [4.69, 9.17) is 18.9 Å². The quantitative estimate of drug-likeness (QED) is 0.616. The number of methoxy groups -OCH3 is 3. The van der Waals surface area contributed by atoms with Crippen molar-refractivity contribution < 1.29 is 23.7 Å². The Kier molecular flexibility index (Phi) is 7.49. The van der Waals surface area contributed by atoms with Crippen molar-refractivity contribution in [2.24, 2.45) is 0 Å². The molecule has 1 saturated heterocycles. The molecule has 2 atom stereocenters. The Bertz CT molecular complexity index is 855. The minimum Gasteiger partial charge on any atom is -0.496 e. The van der Waals surface area contributed by atoms with Crippen LogP contribution < -0.4 is 9.47 Å². The number of likely N-dealkylation sites (tertiary alicyclic amines) is 1. The number of carbonyl (C=O) groups excluding carboxylic acids is 1. The van der Waals surface area contributed by atoms with Crippen molar-refractivity contribution in [3.63, 3.8) is 0 Å². The summed E-state index contributed by atoms with van der Waals surface area (Å²) in [7, 11) is 4.77. The van der Waals surface area contributed by atoms with Crippen LogP contribution in [0.15, 0.2) is 48.5 Å². The highest BCUT2D eigenvalue weighted by Gasteiger charge is 2.35. The minimum absolute atomic E-state index is 0.0853. The molecule has 0 aliphatic carbocycles. The van der Waals surface area contributed by atoms with Crippen molar-refractivity contribution in [1.29, 1.82) is 0 Å². The molecule has 1 aliphatic rings. The predicted molar refractivity (Wildman–Crippen MR) is 116 cm³/mol. The van der Waals surface area contributed by atoms with Crippen LogP contribution in [0.25, 0.3) is 6.08 Å². The lowest BCUT2D eigenvalue weighted by atomic mass is 10.1. The standard InChI is InChI=1S/C24H29NO5/c1-17-22(28-3)12-19(13-23(17)29-4)24(26)25-15-21(30-16-27-2)14-20(25)11-10-18-8-6-5-7-9-18/h5-13,20-21H,14-16H2,1-4H3/b11-10+/t20?,21-/m1/s1. The molecule has 0 aromatic heterocycles. The molecule has 0 bridgehead atoms. The van der Waals surface area contributed by atoms with Crippen molar-refractivity contribution in [1.82, 2.24) is 4.90 Å². The van der Waals surface area contributed by atoms with Crippen LogP contribution >= 0.6 is 0 Å².